The molecule has 3 aromatic rings. The molecule has 1 heterocycles. The zero-order valence-corrected chi connectivity index (χ0v) is 23.5. The molecule has 0 atom stereocenters. The third kappa shape index (κ3) is 6.60. The second-order valence-electron chi connectivity index (χ2n) is 7.71. The lowest BCUT2D eigenvalue weighted by Gasteiger charge is -2.14. The Kier molecular flexibility index (Phi) is 10.2. The molecule has 0 aliphatic carbocycles. The molecular formula is C24H29F3N2O7S2. The van der Waals surface area contributed by atoms with E-state index in [1.165, 1.54) is 5.69 Å². The number of rotatable bonds is 8. The Balaban J connectivity index is 0.000000550. The lowest BCUT2D eigenvalue weighted by atomic mass is 10.2. The fraction of sp³-hybridized carbons (Fsp3) is 0.375. The third-order valence-corrected chi connectivity index (χ3v) is 6.96. The van der Waals surface area contributed by atoms with E-state index in [0.717, 1.165) is 27.3 Å². The predicted octanol–water partition coefficient (Wildman–Crippen LogP) is 4.53. The average Bonchev–Trinajstić information content (AvgIpc) is 3.23. The molecule has 0 amide bonds. The number of aryl methyl sites for hydroxylation is 1. The Hall–Kier alpha value is -3.23. The van der Waals surface area contributed by atoms with Crippen molar-refractivity contribution in [1.29, 1.82) is 0 Å². The first-order valence-corrected chi connectivity index (χ1v) is 13.2. The highest BCUT2D eigenvalue weighted by molar-refractivity contribution is 7.86. The van der Waals surface area contributed by atoms with Gasteiger partial charge in [0.15, 0.2) is 20.6 Å². The van der Waals surface area contributed by atoms with E-state index in [9.17, 15) is 13.2 Å². The molecule has 14 heteroatoms. The van der Waals surface area contributed by atoms with Crippen molar-refractivity contribution in [2.75, 3.05) is 47.4 Å². The van der Waals surface area contributed by atoms with Crippen molar-refractivity contribution < 1.29 is 49.7 Å². The molecule has 9 nitrogen and oxygen atoms in total. The highest BCUT2D eigenvalue weighted by Gasteiger charge is 2.37. The number of aromatic nitrogens is 1. The van der Waals surface area contributed by atoms with E-state index in [-0.39, 0.29) is 0 Å². The summed E-state index contributed by atoms with van der Waals surface area (Å²) in [6.07, 6.45) is 4.24. The van der Waals surface area contributed by atoms with Gasteiger partial charge in [0.1, 0.15) is 6.54 Å². The molecule has 1 aromatic heterocycles. The number of benzene rings is 2. The minimum Gasteiger partial charge on any atom is -0.741 e. The molecule has 0 radical (unpaired) electrons. The van der Waals surface area contributed by atoms with Gasteiger partial charge < -0.3 is 28.4 Å². The van der Waals surface area contributed by atoms with Crippen molar-refractivity contribution in [2.45, 2.75) is 19.0 Å². The molecule has 0 bridgehead atoms. The minimum absolute atomic E-state index is 0.527. The molecule has 210 valence electrons. The van der Waals surface area contributed by atoms with Crippen LogP contribution in [0.25, 0.3) is 22.4 Å². The molecule has 0 saturated heterocycles. The summed E-state index contributed by atoms with van der Waals surface area (Å²) in [5.41, 5.74) is -2.41. The summed E-state index contributed by atoms with van der Waals surface area (Å²) in [4.78, 5) is 2.09. The van der Waals surface area contributed by atoms with E-state index in [2.05, 4.69) is 52.8 Å². The van der Waals surface area contributed by atoms with Gasteiger partial charge in [0.25, 0.3) is 10.5 Å². The molecule has 3 rings (SSSR count). The van der Waals surface area contributed by atoms with Crippen molar-refractivity contribution in [3.8, 4) is 23.0 Å². The summed E-state index contributed by atoms with van der Waals surface area (Å²) < 4.78 is 84.7. The Morgan fingerprint density at radius 3 is 1.79 bits per heavy atom. The molecule has 0 spiro atoms. The summed E-state index contributed by atoms with van der Waals surface area (Å²) in [5.74, 6) is 2.34. The highest BCUT2D eigenvalue weighted by atomic mass is 32.2. The quantitative estimate of drug-likeness (QED) is 0.218. The smallest absolute Gasteiger partial charge is 0.485 e. The van der Waals surface area contributed by atoms with E-state index < -0.39 is 15.6 Å². The SMILES string of the molecule is CC[n+]1c(/C=C/c2ccc(N(C)C)cc2)sc2c(OC)c(OC)c(OC)c(OC)c21.O=S(=O)([O-])C(F)(F)F. The first-order chi connectivity index (χ1) is 17.7. The number of alkyl halides is 3. The van der Waals surface area contributed by atoms with Crippen LogP contribution in [0.3, 0.4) is 0 Å². The van der Waals surface area contributed by atoms with Crippen LogP contribution in [0, 0.1) is 0 Å². The van der Waals surface area contributed by atoms with Gasteiger partial charge in [0.05, 0.1) is 28.4 Å². The van der Waals surface area contributed by atoms with Crippen LogP contribution in [-0.2, 0) is 16.7 Å². The standard InChI is InChI=1S/C23H29N2O4S.CHF3O3S/c1-8-25-17(14-11-15-9-12-16(13-10-15)24(2)3)30-23-18(25)19(26-4)20(27-5)21(28-6)22(23)29-7;2-1(3,4)8(5,6)7/h9-14H,8H2,1-7H3;(H,5,6,7)/q+1;/p-1. The number of halogens is 3. The van der Waals surface area contributed by atoms with Gasteiger partial charge in [0.2, 0.25) is 17.2 Å². The number of hydrogen-bond acceptors (Lipinski definition) is 9. The maximum absolute atomic E-state index is 10.7. The van der Waals surface area contributed by atoms with Crippen LogP contribution in [0.15, 0.2) is 24.3 Å². The monoisotopic (exact) mass is 578 g/mol. The first-order valence-electron chi connectivity index (χ1n) is 10.9. The topological polar surface area (TPSA) is 101 Å². The van der Waals surface area contributed by atoms with Gasteiger partial charge in [0, 0.05) is 25.9 Å². The van der Waals surface area contributed by atoms with Gasteiger partial charge in [-0.2, -0.15) is 17.7 Å². The lowest BCUT2D eigenvalue weighted by Crippen LogP contribution is -2.33. The minimum atomic E-state index is -6.09. The van der Waals surface area contributed by atoms with Crippen LogP contribution in [0.4, 0.5) is 18.9 Å². The molecule has 0 aliphatic heterocycles. The molecule has 0 fully saturated rings. The van der Waals surface area contributed by atoms with Crippen LogP contribution in [0.2, 0.25) is 0 Å². The van der Waals surface area contributed by atoms with E-state index in [1.54, 1.807) is 39.8 Å². The van der Waals surface area contributed by atoms with Crippen LogP contribution < -0.4 is 28.4 Å². The maximum Gasteiger partial charge on any atom is 0.485 e. The Labute approximate surface area is 223 Å². The Morgan fingerprint density at radius 1 is 0.921 bits per heavy atom. The van der Waals surface area contributed by atoms with Crippen LogP contribution in [0.1, 0.15) is 17.5 Å². The van der Waals surface area contributed by atoms with E-state index in [0.29, 0.717) is 23.0 Å². The van der Waals surface area contributed by atoms with Gasteiger partial charge >= 0.3 is 5.51 Å². The van der Waals surface area contributed by atoms with Crippen molar-refractivity contribution in [3.05, 3.63) is 34.8 Å². The summed E-state index contributed by atoms with van der Waals surface area (Å²) >= 11 is 1.63. The number of fused-ring (bicyclic) bond motifs is 1. The van der Waals surface area contributed by atoms with Crippen LogP contribution >= 0.6 is 11.3 Å². The summed E-state index contributed by atoms with van der Waals surface area (Å²) in [6, 6.07) is 8.45. The zero-order chi connectivity index (χ0) is 28.8. The molecular weight excluding hydrogens is 549 g/mol. The first kappa shape index (κ1) is 31.0. The van der Waals surface area contributed by atoms with Crippen LogP contribution in [-0.4, -0.2) is 61.0 Å². The van der Waals surface area contributed by atoms with Crippen LogP contribution in [0.5, 0.6) is 23.0 Å². The Bertz CT molecular complexity index is 1390. The number of hydrogen-bond donors (Lipinski definition) is 0. The number of anilines is 1. The second kappa shape index (κ2) is 12.5. The fourth-order valence-corrected chi connectivity index (χ4v) is 4.72. The number of thiazole rings is 1. The summed E-state index contributed by atoms with van der Waals surface area (Å²) in [6.45, 7) is 2.88. The van der Waals surface area contributed by atoms with Gasteiger partial charge in [-0.3, -0.25) is 0 Å². The van der Waals surface area contributed by atoms with Gasteiger partial charge in [-0.05, 0) is 30.7 Å². The highest BCUT2D eigenvalue weighted by Crippen LogP contribution is 2.51. The third-order valence-electron chi connectivity index (χ3n) is 5.24. The number of methoxy groups -OCH3 is 4. The predicted molar refractivity (Wildman–Crippen MR) is 139 cm³/mol. The fourth-order valence-electron chi connectivity index (χ4n) is 3.47. The molecule has 0 saturated carbocycles. The Morgan fingerprint density at radius 2 is 1.39 bits per heavy atom. The van der Waals surface area contributed by atoms with Gasteiger partial charge in [-0.25, -0.2) is 8.42 Å². The average molecular weight is 579 g/mol. The zero-order valence-electron chi connectivity index (χ0n) is 21.9. The maximum atomic E-state index is 10.7. The second-order valence-corrected chi connectivity index (χ2v) is 10.1. The lowest BCUT2D eigenvalue weighted by molar-refractivity contribution is -0.665. The van der Waals surface area contributed by atoms with Crippen molar-refractivity contribution in [2.24, 2.45) is 0 Å². The van der Waals surface area contributed by atoms with Gasteiger partial charge in [-0.15, -0.1) is 0 Å². The largest absolute Gasteiger partial charge is 0.741 e. The molecule has 2 aromatic carbocycles. The normalized spacial score (nSPS) is 11.8. The summed E-state index contributed by atoms with van der Waals surface area (Å²) in [7, 11) is 4.47. The van der Waals surface area contributed by atoms with Crippen molar-refractivity contribution in [1.82, 2.24) is 0 Å². The molecule has 38 heavy (non-hydrogen) atoms. The van der Waals surface area contributed by atoms with Crippen molar-refractivity contribution in [3.63, 3.8) is 0 Å². The summed E-state index contributed by atoms with van der Waals surface area (Å²) in [5, 5.41) is 1.08. The van der Waals surface area contributed by atoms with Crippen molar-refractivity contribution >= 4 is 49.5 Å². The van der Waals surface area contributed by atoms with E-state index in [1.807, 2.05) is 14.1 Å². The van der Waals surface area contributed by atoms with Gasteiger partial charge in [-0.1, -0.05) is 23.5 Å². The number of nitrogens with zero attached hydrogens (tertiary/aromatic N) is 2. The molecule has 0 aliphatic rings. The molecule has 0 unspecified atom stereocenters. The van der Waals surface area contributed by atoms with E-state index >= 15 is 0 Å². The molecule has 0 N–H and O–H groups in total. The van der Waals surface area contributed by atoms with E-state index in [4.69, 9.17) is 31.9 Å². The number of ether oxygens (including phenoxy) is 4.